The highest BCUT2D eigenvalue weighted by Gasteiger charge is 2.28. The summed E-state index contributed by atoms with van der Waals surface area (Å²) in [5, 5.41) is 0. The Labute approximate surface area is 111 Å². The standard InChI is InChI=1S/C14H26ClNO/c1-14(2,11-15)16(3)13(17)10-12-8-6-4-5-7-9-12/h12H,4-11H2,1-3H3. The molecule has 1 fully saturated rings. The molecule has 0 atom stereocenters. The maximum absolute atomic E-state index is 12.2. The first-order chi connectivity index (χ1) is 7.97. The molecule has 0 spiro atoms. The van der Waals surface area contributed by atoms with Gasteiger partial charge in [0.05, 0.1) is 5.54 Å². The van der Waals surface area contributed by atoms with E-state index in [0.717, 1.165) is 0 Å². The normalized spacial score (nSPS) is 18.8. The van der Waals surface area contributed by atoms with Crippen molar-refractivity contribution in [3.8, 4) is 0 Å². The van der Waals surface area contributed by atoms with Crippen LogP contribution in [0.25, 0.3) is 0 Å². The lowest BCUT2D eigenvalue weighted by molar-refractivity contribution is -0.135. The van der Waals surface area contributed by atoms with Gasteiger partial charge in [-0.15, -0.1) is 11.6 Å². The molecule has 0 N–H and O–H groups in total. The number of carbonyl (C=O) groups is 1. The lowest BCUT2D eigenvalue weighted by Crippen LogP contribution is -2.46. The van der Waals surface area contributed by atoms with Crippen LogP contribution in [0.4, 0.5) is 0 Å². The molecular weight excluding hydrogens is 234 g/mol. The third-order valence-electron chi connectivity index (χ3n) is 4.05. The molecule has 0 aromatic carbocycles. The van der Waals surface area contributed by atoms with Crippen LogP contribution in [0, 0.1) is 5.92 Å². The molecule has 0 unspecified atom stereocenters. The lowest BCUT2D eigenvalue weighted by atomic mass is 9.95. The summed E-state index contributed by atoms with van der Waals surface area (Å²) in [5.74, 6) is 1.33. The maximum Gasteiger partial charge on any atom is 0.223 e. The molecule has 0 aromatic heterocycles. The van der Waals surface area contributed by atoms with Crippen LogP contribution in [0.1, 0.15) is 58.8 Å². The molecule has 3 heteroatoms. The van der Waals surface area contributed by atoms with Gasteiger partial charge in [0.1, 0.15) is 0 Å². The summed E-state index contributed by atoms with van der Waals surface area (Å²) in [7, 11) is 1.88. The number of rotatable bonds is 4. The predicted molar refractivity (Wildman–Crippen MR) is 73.4 cm³/mol. The first-order valence-electron chi connectivity index (χ1n) is 6.80. The molecule has 100 valence electrons. The summed E-state index contributed by atoms with van der Waals surface area (Å²) in [6.07, 6.45) is 8.42. The van der Waals surface area contributed by atoms with Gasteiger partial charge < -0.3 is 4.90 Å². The number of alkyl halides is 1. The number of nitrogens with zero attached hydrogens (tertiary/aromatic N) is 1. The summed E-state index contributed by atoms with van der Waals surface area (Å²) in [6, 6.07) is 0. The average Bonchev–Trinajstić information content (AvgIpc) is 2.56. The fourth-order valence-electron chi connectivity index (χ4n) is 2.38. The summed E-state index contributed by atoms with van der Waals surface area (Å²) in [6.45, 7) is 4.04. The van der Waals surface area contributed by atoms with Gasteiger partial charge in [-0.05, 0) is 32.6 Å². The van der Waals surface area contributed by atoms with E-state index < -0.39 is 0 Å². The second kappa shape index (κ2) is 6.63. The SMILES string of the molecule is CN(C(=O)CC1CCCCCC1)C(C)(C)CCl. The summed E-state index contributed by atoms with van der Waals surface area (Å²) in [4.78, 5) is 14.0. The molecule has 1 aliphatic rings. The quantitative estimate of drug-likeness (QED) is 0.555. The number of halogens is 1. The van der Waals surface area contributed by atoms with Crippen LogP contribution >= 0.6 is 11.6 Å². The molecule has 0 bridgehead atoms. The Morgan fingerprint density at radius 3 is 2.24 bits per heavy atom. The highest BCUT2D eigenvalue weighted by molar-refractivity contribution is 6.18. The molecule has 1 amide bonds. The first kappa shape index (κ1) is 14.8. The Hall–Kier alpha value is -0.240. The molecule has 0 aromatic rings. The van der Waals surface area contributed by atoms with Gasteiger partial charge in [0.15, 0.2) is 0 Å². The van der Waals surface area contributed by atoms with E-state index in [4.69, 9.17) is 11.6 Å². The van der Waals surface area contributed by atoms with Crippen LogP contribution < -0.4 is 0 Å². The zero-order valence-corrected chi connectivity index (χ0v) is 12.2. The Kier molecular flexibility index (Phi) is 5.78. The van der Waals surface area contributed by atoms with Crippen LogP contribution in [0.15, 0.2) is 0 Å². The molecule has 1 rings (SSSR count). The maximum atomic E-state index is 12.2. The fourth-order valence-corrected chi connectivity index (χ4v) is 2.56. The van der Waals surface area contributed by atoms with Crippen molar-refractivity contribution in [3.05, 3.63) is 0 Å². The molecule has 1 saturated carbocycles. The number of amides is 1. The number of hydrogen-bond acceptors (Lipinski definition) is 1. The van der Waals surface area contributed by atoms with Gasteiger partial charge in [-0.3, -0.25) is 4.79 Å². The van der Waals surface area contributed by atoms with Crippen molar-refractivity contribution in [1.29, 1.82) is 0 Å². The van der Waals surface area contributed by atoms with Crippen molar-refractivity contribution in [3.63, 3.8) is 0 Å². The van der Waals surface area contributed by atoms with Crippen LogP contribution in [-0.2, 0) is 4.79 Å². The second-order valence-corrected chi connectivity index (χ2v) is 6.23. The largest absolute Gasteiger partial charge is 0.339 e. The van der Waals surface area contributed by atoms with Crippen molar-refractivity contribution in [2.75, 3.05) is 12.9 Å². The van der Waals surface area contributed by atoms with E-state index in [2.05, 4.69) is 0 Å². The molecule has 1 aliphatic carbocycles. The fraction of sp³-hybridized carbons (Fsp3) is 0.929. The van der Waals surface area contributed by atoms with Crippen LogP contribution in [0.5, 0.6) is 0 Å². The highest BCUT2D eigenvalue weighted by Crippen LogP contribution is 2.27. The zero-order valence-electron chi connectivity index (χ0n) is 11.5. The molecule has 0 aliphatic heterocycles. The van der Waals surface area contributed by atoms with E-state index in [9.17, 15) is 4.79 Å². The Morgan fingerprint density at radius 2 is 1.76 bits per heavy atom. The predicted octanol–water partition coefficient (Wildman–Crippen LogP) is 3.82. The van der Waals surface area contributed by atoms with Gasteiger partial charge >= 0.3 is 0 Å². The van der Waals surface area contributed by atoms with Gasteiger partial charge in [0.25, 0.3) is 0 Å². The minimum absolute atomic E-state index is 0.233. The van der Waals surface area contributed by atoms with Crippen molar-refractivity contribution in [2.24, 2.45) is 5.92 Å². The monoisotopic (exact) mass is 259 g/mol. The Morgan fingerprint density at radius 1 is 1.24 bits per heavy atom. The number of hydrogen-bond donors (Lipinski definition) is 0. The molecule has 0 radical (unpaired) electrons. The van der Waals surface area contributed by atoms with Crippen molar-refractivity contribution >= 4 is 17.5 Å². The van der Waals surface area contributed by atoms with Gasteiger partial charge in [-0.25, -0.2) is 0 Å². The van der Waals surface area contributed by atoms with Crippen molar-refractivity contribution in [2.45, 2.75) is 64.3 Å². The zero-order chi connectivity index (χ0) is 12.9. The van der Waals surface area contributed by atoms with Gasteiger partial charge in [-0.2, -0.15) is 0 Å². The van der Waals surface area contributed by atoms with Crippen molar-refractivity contribution < 1.29 is 4.79 Å². The average molecular weight is 260 g/mol. The van der Waals surface area contributed by atoms with Crippen LogP contribution in [0.3, 0.4) is 0 Å². The summed E-state index contributed by atoms with van der Waals surface area (Å²) >= 11 is 5.91. The highest BCUT2D eigenvalue weighted by atomic mass is 35.5. The first-order valence-corrected chi connectivity index (χ1v) is 7.33. The third kappa shape index (κ3) is 4.50. The molecule has 17 heavy (non-hydrogen) atoms. The van der Waals surface area contributed by atoms with E-state index in [1.165, 1.54) is 38.5 Å². The molecular formula is C14H26ClNO. The summed E-state index contributed by atoms with van der Waals surface area (Å²) < 4.78 is 0. The molecule has 2 nitrogen and oxygen atoms in total. The van der Waals surface area contributed by atoms with E-state index in [1.807, 2.05) is 25.8 Å². The van der Waals surface area contributed by atoms with Crippen molar-refractivity contribution in [1.82, 2.24) is 4.90 Å². The smallest absolute Gasteiger partial charge is 0.223 e. The minimum atomic E-state index is -0.233. The second-order valence-electron chi connectivity index (χ2n) is 5.96. The topological polar surface area (TPSA) is 20.3 Å². The Balaban J connectivity index is 2.47. The molecule has 0 saturated heterocycles. The van der Waals surface area contributed by atoms with Gasteiger partial charge in [-0.1, -0.05) is 25.7 Å². The number of carbonyl (C=O) groups excluding carboxylic acids is 1. The van der Waals surface area contributed by atoms with Gasteiger partial charge in [0, 0.05) is 19.3 Å². The Bertz CT molecular complexity index is 245. The van der Waals surface area contributed by atoms with E-state index in [-0.39, 0.29) is 11.4 Å². The van der Waals surface area contributed by atoms with E-state index >= 15 is 0 Å². The molecule has 0 heterocycles. The van der Waals surface area contributed by atoms with E-state index in [0.29, 0.717) is 18.2 Å². The third-order valence-corrected chi connectivity index (χ3v) is 4.70. The lowest BCUT2D eigenvalue weighted by Gasteiger charge is -2.34. The van der Waals surface area contributed by atoms with Gasteiger partial charge in [0.2, 0.25) is 5.91 Å². The van der Waals surface area contributed by atoms with E-state index in [1.54, 1.807) is 0 Å². The summed E-state index contributed by atoms with van der Waals surface area (Å²) in [5.41, 5.74) is -0.233. The van der Waals surface area contributed by atoms with Crippen LogP contribution in [-0.4, -0.2) is 29.3 Å². The van der Waals surface area contributed by atoms with Crippen LogP contribution in [0.2, 0.25) is 0 Å². The minimum Gasteiger partial charge on any atom is -0.339 e.